The number of aliphatic imine (C=N–C) groups is 1. The molecule has 0 fully saturated rings. The predicted molar refractivity (Wildman–Crippen MR) is 116 cm³/mol. The van der Waals surface area contributed by atoms with Crippen LogP contribution in [-0.2, 0) is 0 Å². The Morgan fingerprint density at radius 2 is 1.45 bits per heavy atom. The van der Waals surface area contributed by atoms with Gasteiger partial charge in [0.05, 0.1) is 41.0 Å². The minimum absolute atomic E-state index is 0.0144. The van der Waals surface area contributed by atoms with Crippen LogP contribution in [0.4, 0.5) is 5.69 Å². The van der Waals surface area contributed by atoms with Crippen LogP contribution in [0, 0.1) is 0 Å². The van der Waals surface area contributed by atoms with Gasteiger partial charge in [-0.2, -0.15) is 0 Å². The maximum atomic E-state index is 6.10. The minimum atomic E-state index is 0.0144. The molecule has 0 bridgehead atoms. The van der Waals surface area contributed by atoms with Gasteiger partial charge >= 0.3 is 0 Å². The molecule has 8 heteroatoms. The Labute approximate surface area is 172 Å². The summed E-state index contributed by atoms with van der Waals surface area (Å²) in [6.45, 7) is 0.467. The van der Waals surface area contributed by atoms with Crippen LogP contribution in [0.5, 0.6) is 23.0 Å². The lowest BCUT2D eigenvalue weighted by Crippen LogP contribution is -2.27. The maximum Gasteiger partial charge on any atom is 0.193 e. The van der Waals surface area contributed by atoms with Gasteiger partial charge in [-0.05, 0) is 43.9 Å². The Hall–Kier alpha value is -3.13. The highest BCUT2D eigenvalue weighted by molar-refractivity contribution is 5.92. The molecule has 2 aromatic carbocycles. The third kappa shape index (κ3) is 5.68. The van der Waals surface area contributed by atoms with E-state index in [4.69, 9.17) is 24.7 Å². The zero-order valence-corrected chi connectivity index (χ0v) is 17.9. The summed E-state index contributed by atoms with van der Waals surface area (Å²) in [5, 5.41) is 3.08. The third-order valence-corrected chi connectivity index (χ3v) is 4.51. The van der Waals surface area contributed by atoms with E-state index < -0.39 is 0 Å². The molecule has 0 saturated heterocycles. The first kappa shape index (κ1) is 22.2. The fourth-order valence-corrected chi connectivity index (χ4v) is 2.91. The molecule has 29 heavy (non-hydrogen) atoms. The van der Waals surface area contributed by atoms with Gasteiger partial charge in [0, 0.05) is 11.8 Å². The van der Waals surface area contributed by atoms with Crippen LogP contribution < -0.4 is 30.0 Å². The largest absolute Gasteiger partial charge is 0.493 e. The van der Waals surface area contributed by atoms with Gasteiger partial charge in [0.2, 0.25) is 0 Å². The summed E-state index contributed by atoms with van der Waals surface area (Å²) in [5.41, 5.74) is 7.91. The molecule has 2 rings (SSSR count). The number of hydrogen-bond acceptors (Lipinski definition) is 6. The summed E-state index contributed by atoms with van der Waals surface area (Å²) in [7, 11) is 10.4. The van der Waals surface area contributed by atoms with Crippen molar-refractivity contribution in [2.45, 2.75) is 6.04 Å². The Morgan fingerprint density at radius 3 is 2.00 bits per heavy atom. The van der Waals surface area contributed by atoms with Crippen molar-refractivity contribution in [3.05, 3.63) is 42.0 Å². The van der Waals surface area contributed by atoms with Crippen molar-refractivity contribution in [3.63, 3.8) is 0 Å². The van der Waals surface area contributed by atoms with E-state index in [9.17, 15) is 0 Å². The molecular weight excluding hydrogens is 372 g/mol. The number of ether oxygens (including phenoxy) is 4. The topological polar surface area (TPSA) is 90.6 Å². The van der Waals surface area contributed by atoms with Gasteiger partial charge in [0.25, 0.3) is 0 Å². The number of guanidine groups is 1. The van der Waals surface area contributed by atoms with Gasteiger partial charge in [-0.3, -0.25) is 4.99 Å². The smallest absolute Gasteiger partial charge is 0.193 e. The van der Waals surface area contributed by atoms with Crippen molar-refractivity contribution in [1.29, 1.82) is 0 Å². The highest BCUT2D eigenvalue weighted by Gasteiger charge is 2.16. The molecule has 0 heterocycles. The summed E-state index contributed by atoms with van der Waals surface area (Å²) in [4.78, 5) is 6.59. The van der Waals surface area contributed by atoms with Gasteiger partial charge < -0.3 is 34.9 Å². The van der Waals surface area contributed by atoms with Crippen molar-refractivity contribution in [2.75, 3.05) is 54.4 Å². The van der Waals surface area contributed by atoms with Gasteiger partial charge in [-0.25, -0.2) is 0 Å². The minimum Gasteiger partial charge on any atom is -0.493 e. The SMILES string of the molecule is COc1ccc(NC(N)=NCC(c2ccc(OC)c(OC)c2)N(C)C)cc1OC. The Morgan fingerprint density at radius 1 is 0.897 bits per heavy atom. The van der Waals surface area contributed by atoms with Crippen LogP contribution in [0.25, 0.3) is 0 Å². The number of nitrogens with one attached hydrogen (secondary N) is 1. The van der Waals surface area contributed by atoms with E-state index in [0.29, 0.717) is 35.5 Å². The van der Waals surface area contributed by atoms with E-state index >= 15 is 0 Å². The van der Waals surface area contributed by atoms with Crippen LogP contribution in [0.15, 0.2) is 41.4 Å². The van der Waals surface area contributed by atoms with Gasteiger partial charge in [-0.1, -0.05) is 6.07 Å². The number of methoxy groups -OCH3 is 4. The molecule has 1 atom stereocenters. The fraction of sp³-hybridized carbons (Fsp3) is 0.381. The number of nitrogens with two attached hydrogens (primary N) is 1. The summed E-state index contributed by atoms with van der Waals surface area (Å²) in [6.07, 6.45) is 0. The molecular formula is C21H30N4O4. The highest BCUT2D eigenvalue weighted by Crippen LogP contribution is 2.32. The lowest BCUT2D eigenvalue weighted by molar-refractivity contribution is 0.303. The molecule has 0 aliphatic heterocycles. The first-order valence-electron chi connectivity index (χ1n) is 9.10. The lowest BCUT2D eigenvalue weighted by Gasteiger charge is -2.24. The van der Waals surface area contributed by atoms with E-state index in [0.717, 1.165) is 11.3 Å². The average Bonchev–Trinajstić information content (AvgIpc) is 2.73. The standard InChI is InChI=1S/C21H30N4O4/c1-25(2)16(14-7-9-17(26-3)19(11-14)28-5)13-23-21(22)24-15-8-10-18(27-4)20(12-15)29-6/h7-12,16H,13H2,1-6H3,(H3,22,23,24). The van der Waals surface area contributed by atoms with E-state index in [1.807, 2.05) is 38.4 Å². The van der Waals surface area contributed by atoms with Gasteiger partial charge in [0.1, 0.15) is 0 Å². The third-order valence-electron chi connectivity index (χ3n) is 4.51. The van der Waals surface area contributed by atoms with Crippen molar-refractivity contribution in [2.24, 2.45) is 10.7 Å². The van der Waals surface area contributed by atoms with Crippen LogP contribution >= 0.6 is 0 Å². The van der Waals surface area contributed by atoms with Crippen LogP contribution in [0.2, 0.25) is 0 Å². The summed E-state index contributed by atoms with van der Waals surface area (Å²) in [5.74, 6) is 2.94. The Kier molecular flexibility index (Phi) is 7.97. The predicted octanol–water partition coefficient (Wildman–Crippen LogP) is 2.75. The molecule has 0 aliphatic rings. The second-order valence-electron chi connectivity index (χ2n) is 6.51. The number of anilines is 1. The number of nitrogens with zero attached hydrogens (tertiary/aromatic N) is 2. The molecule has 2 aromatic rings. The number of benzene rings is 2. The first-order valence-corrected chi connectivity index (χ1v) is 9.10. The second kappa shape index (κ2) is 10.4. The van der Waals surface area contributed by atoms with Crippen molar-refractivity contribution < 1.29 is 18.9 Å². The average molecular weight is 402 g/mol. The Balaban J connectivity index is 2.16. The molecule has 0 amide bonds. The van der Waals surface area contributed by atoms with E-state index in [1.165, 1.54) is 0 Å². The molecule has 1 unspecified atom stereocenters. The van der Waals surface area contributed by atoms with Crippen LogP contribution in [0.1, 0.15) is 11.6 Å². The zero-order chi connectivity index (χ0) is 21.4. The van der Waals surface area contributed by atoms with Crippen molar-refractivity contribution in [3.8, 4) is 23.0 Å². The van der Waals surface area contributed by atoms with E-state index in [2.05, 4.69) is 15.2 Å². The Bertz CT molecular complexity index is 839. The molecule has 0 spiro atoms. The number of likely N-dealkylation sites (N-methyl/N-ethyl adjacent to an activating group) is 1. The molecule has 3 N–H and O–H groups in total. The summed E-state index contributed by atoms with van der Waals surface area (Å²) >= 11 is 0. The van der Waals surface area contributed by atoms with E-state index in [-0.39, 0.29) is 6.04 Å². The fourth-order valence-electron chi connectivity index (χ4n) is 2.91. The molecule has 0 aromatic heterocycles. The van der Waals surface area contributed by atoms with Crippen molar-refractivity contribution in [1.82, 2.24) is 4.90 Å². The molecule has 0 aliphatic carbocycles. The normalized spacial score (nSPS) is 12.4. The zero-order valence-electron chi connectivity index (χ0n) is 17.9. The first-order chi connectivity index (χ1) is 13.9. The quantitative estimate of drug-likeness (QED) is 0.492. The lowest BCUT2D eigenvalue weighted by atomic mass is 10.1. The molecule has 8 nitrogen and oxygen atoms in total. The highest BCUT2D eigenvalue weighted by atomic mass is 16.5. The summed E-state index contributed by atoms with van der Waals surface area (Å²) < 4.78 is 21.3. The van der Waals surface area contributed by atoms with Crippen LogP contribution in [0.3, 0.4) is 0 Å². The summed E-state index contributed by atoms with van der Waals surface area (Å²) in [6, 6.07) is 11.3. The number of rotatable bonds is 9. The van der Waals surface area contributed by atoms with Gasteiger partial charge in [0.15, 0.2) is 29.0 Å². The second-order valence-corrected chi connectivity index (χ2v) is 6.51. The van der Waals surface area contributed by atoms with Crippen molar-refractivity contribution >= 4 is 11.6 Å². The monoisotopic (exact) mass is 402 g/mol. The molecule has 0 radical (unpaired) electrons. The molecule has 158 valence electrons. The van der Waals surface area contributed by atoms with Gasteiger partial charge in [-0.15, -0.1) is 0 Å². The van der Waals surface area contributed by atoms with E-state index in [1.54, 1.807) is 40.6 Å². The maximum absolute atomic E-state index is 6.10. The molecule has 0 saturated carbocycles. The van der Waals surface area contributed by atoms with Crippen LogP contribution in [-0.4, -0.2) is 59.9 Å². The number of hydrogen-bond donors (Lipinski definition) is 2.